The van der Waals surface area contributed by atoms with Crippen LogP contribution >= 0.6 is 0 Å². The molecular weight excluding hydrogens is 403 g/mol. The van der Waals surface area contributed by atoms with Crippen molar-refractivity contribution in [3.8, 4) is 0 Å². The molecule has 1 aromatic heterocycles. The Hall–Kier alpha value is -3.43. The van der Waals surface area contributed by atoms with Crippen molar-refractivity contribution in [1.29, 1.82) is 0 Å². The number of aliphatic carboxylic acids is 1. The lowest BCUT2D eigenvalue weighted by Crippen LogP contribution is -2.48. The fourth-order valence-corrected chi connectivity index (χ4v) is 3.64. The Kier molecular flexibility index (Phi) is 5.77. The van der Waals surface area contributed by atoms with Gasteiger partial charge in [0.1, 0.15) is 0 Å². The number of carboxylic acids is 1. The van der Waals surface area contributed by atoms with E-state index in [1.165, 1.54) is 0 Å². The zero-order valence-corrected chi connectivity index (χ0v) is 15.6. The third-order valence-corrected chi connectivity index (χ3v) is 5.20. The Morgan fingerprint density at radius 1 is 1.07 bits per heavy atom. The Bertz CT molecular complexity index is 955. The van der Waals surface area contributed by atoms with Crippen molar-refractivity contribution in [2.24, 2.45) is 0 Å². The molecule has 30 heavy (non-hydrogen) atoms. The zero-order chi connectivity index (χ0) is 21.9. The lowest BCUT2D eigenvalue weighted by atomic mass is 9.73. The molecule has 0 atom stereocenters. The molecule has 1 fully saturated rings. The molecule has 2 aliphatic rings. The monoisotopic (exact) mass is 421 g/mol. The van der Waals surface area contributed by atoms with Crippen LogP contribution in [0.15, 0.2) is 48.8 Å². The fraction of sp³-hybridized carbons (Fsp3) is 0.300. The van der Waals surface area contributed by atoms with Gasteiger partial charge in [-0.2, -0.15) is 13.2 Å². The van der Waals surface area contributed by atoms with Crippen LogP contribution in [-0.2, 0) is 15.0 Å². The van der Waals surface area contributed by atoms with E-state index in [0.29, 0.717) is 31.5 Å². The highest BCUT2D eigenvalue weighted by atomic mass is 19.4. The van der Waals surface area contributed by atoms with Gasteiger partial charge in [0, 0.05) is 36.7 Å². The lowest BCUT2D eigenvalue weighted by Gasteiger charge is -2.38. The Labute approximate surface area is 169 Å². The van der Waals surface area contributed by atoms with E-state index in [9.17, 15) is 22.8 Å². The van der Waals surface area contributed by atoms with Crippen LogP contribution in [0, 0.1) is 0 Å². The van der Waals surface area contributed by atoms with Crippen LogP contribution in [0.2, 0.25) is 0 Å². The number of piperidine rings is 1. The molecule has 4 rings (SSSR count). The van der Waals surface area contributed by atoms with Gasteiger partial charge in [0.05, 0.1) is 5.41 Å². The first-order valence-corrected chi connectivity index (χ1v) is 9.05. The van der Waals surface area contributed by atoms with Gasteiger partial charge in [0.15, 0.2) is 0 Å². The Balaban J connectivity index is 0.000000318. The van der Waals surface area contributed by atoms with E-state index in [4.69, 9.17) is 9.90 Å². The van der Waals surface area contributed by atoms with Crippen LogP contribution < -0.4 is 5.32 Å². The van der Waals surface area contributed by atoms with Crippen molar-refractivity contribution in [3.63, 3.8) is 0 Å². The number of fused-ring (bicyclic) bond motifs is 2. The van der Waals surface area contributed by atoms with Gasteiger partial charge in [-0.3, -0.25) is 14.6 Å². The number of carbonyl (C=O) groups is 3. The molecule has 0 saturated carbocycles. The third kappa shape index (κ3) is 4.12. The van der Waals surface area contributed by atoms with Crippen LogP contribution in [0.5, 0.6) is 0 Å². The molecule has 0 bridgehead atoms. The number of pyridine rings is 1. The number of carbonyl (C=O) groups excluding carboxylic acids is 2. The van der Waals surface area contributed by atoms with Gasteiger partial charge >= 0.3 is 12.1 Å². The first-order valence-electron chi connectivity index (χ1n) is 9.05. The summed E-state index contributed by atoms with van der Waals surface area (Å²) in [6.07, 6.45) is -0.516. The standard InChI is InChI=1S/C18H17N3O2.C2HF3O2/c22-16(13-5-9-19-10-6-13)21-11-7-18(8-12-21)14-3-1-2-4-15(14)20-17(18)23;3-2(4,5)1(6)7/h1-6,9-10H,7-8,11-12H2,(H,20,23);(H,6,7). The number of likely N-dealkylation sites (tertiary alicyclic amines) is 1. The van der Waals surface area contributed by atoms with Crippen molar-refractivity contribution in [2.75, 3.05) is 18.4 Å². The van der Waals surface area contributed by atoms with Gasteiger partial charge in [0.2, 0.25) is 5.91 Å². The summed E-state index contributed by atoms with van der Waals surface area (Å²) in [5.41, 5.74) is 2.14. The number of carboxylic acid groups (broad SMARTS) is 1. The minimum atomic E-state index is -5.08. The molecule has 3 heterocycles. The number of nitrogens with zero attached hydrogens (tertiary/aromatic N) is 2. The first kappa shape index (κ1) is 21.3. The number of benzene rings is 1. The highest BCUT2D eigenvalue weighted by molar-refractivity contribution is 6.06. The molecule has 1 spiro atoms. The number of halogens is 3. The second-order valence-electron chi connectivity index (χ2n) is 6.91. The van der Waals surface area contributed by atoms with Crippen LogP contribution in [0.3, 0.4) is 0 Å². The largest absolute Gasteiger partial charge is 0.490 e. The van der Waals surface area contributed by atoms with E-state index >= 15 is 0 Å². The van der Waals surface area contributed by atoms with Crippen molar-refractivity contribution in [1.82, 2.24) is 9.88 Å². The maximum Gasteiger partial charge on any atom is 0.490 e. The first-order chi connectivity index (χ1) is 14.1. The Morgan fingerprint density at radius 3 is 2.20 bits per heavy atom. The number of hydrogen-bond donors (Lipinski definition) is 2. The predicted molar refractivity (Wildman–Crippen MR) is 99.8 cm³/mol. The van der Waals surface area contributed by atoms with Gasteiger partial charge in [-0.1, -0.05) is 18.2 Å². The van der Waals surface area contributed by atoms with Gasteiger partial charge < -0.3 is 15.3 Å². The molecule has 2 aromatic rings. The van der Waals surface area contributed by atoms with Crippen molar-refractivity contribution < 1.29 is 32.7 Å². The average molecular weight is 421 g/mol. The minimum absolute atomic E-state index is 0.00828. The molecular formula is C20H18F3N3O4. The summed E-state index contributed by atoms with van der Waals surface area (Å²) in [4.78, 5) is 39.7. The van der Waals surface area contributed by atoms with E-state index in [-0.39, 0.29) is 11.8 Å². The van der Waals surface area contributed by atoms with Crippen LogP contribution in [0.25, 0.3) is 0 Å². The lowest BCUT2D eigenvalue weighted by molar-refractivity contribution is -0.192. The molecule has 0 unspecified atom stereocenters. The minimum Gasteiger partial charge on any atom is -0.475 e. The Morgan fingerprint density at radius 2 is 1.63 bits per heavy atom. The number of rotatable bonds is 1. The molecule has 10 heteroatoms. The highest BCUT2D eigenvalue weighted by Crippen LogP contribution is 2.44. The van der Waals surface area contributed by atoms with Gasteiger partial charge in [-0.05, 0) is 36.6 Å². The summed E-state index contributed by atoms with van der Waals surface area (Å²) in [7, 11) is 0. The number of para-hydroxylation sites is 1. The molecule has 2 amide bonds. The summed E-state index contributed by atoms with van der Waals surface area (Å²) in [6.45, 7) is 1.17. The van der Waals surface area contributed by atoms with Gasteiger partial charge in [0.25, 0.3) is 5.91 Å². The van der Waals surface area contributed by atoms with Gasteiger partial charge in [-0.15, -0.1) is 0 Å². The second-order valence-corrected chi connectivity index (χ2v) is 6.91. The molecule has 158 valence electrons. The number of anilines is 1. The third-order valence-electron chi connectivity index (χ3n) is 5.20. The predicted octanol–water partition coefficient (Wildman–Crippen LogP) is 2.84. The maximum absolute atomic E-state index is 12.5. The SMILES string of the molecule is O=C(O)C(F)(F)F.O=C(c1ccncc1)N1CCC2(CC1)C(=O)Nc1ccccc12. The average Bonchev–Trinajstić information content (AvgIpc) is 3.00. The maximum atomic E-state index is 12.5. The summed E-state index contributed by atoms with van der Waals surface area (Å²) < 4.78 is 31.7. The quantitative estimate of drug-likeness (QED) is 0.738. The molecule has 1 saturated heterocycles. The number of aromatic nitrogens is 1. The molecule has 1 aromatic carbocycles. The van der Waals surface area contributed by atoms with E-state index in [1.54, 1.807) is 24.5 Å². The second kappa shape index (κ2) is 8.13. The normalized spacial score (nSPS) is 16.9. The number of nitrogens with one attached hydrogen (secondary N) is 1. The topological polar surface area (TPSA) is 99.6 Å². The van der Waals surface area contributed by atoms with E-state index in [0.717, 1.165) is 11.3 Å². The fourth-order valence-electron chi connectivity index (χ4n) is 3.64. The molecule has 2 N–H and O–H groups in total. The van der Waals surface area contributed by atoms with Crippen molar-refractivity contribution in [2.45, 2.75) is 24.4 Å². The number of alkyl halides is 3. The summed E-state index contributed by atoms with van der Waals surface area (Å²) in [6, 6.07) is 11.3. The molecule has 7 nitrogen and oxygen atoms in total. The van der Waals surface area contributed by atoms with Gasteiger partial charge in [-0.25, -0.2) is 4.79 Å². The van der Waals surface area contributed by atoms with Crippen LogP contribution in [0.1, 0.15) is 28.8 Å². The summed E-state index contributed by atoms with van der Waals surface area (Å²) in [5, 5.41) is 10.1. The summed E-state index contributed by atoms with van der Waals surface area (Å²) >= 11 is 0. The van der Waals surface area contributed by atoms with Crippen molar-refractivity contribution in [3.05, 3.63) is 59.9 Å². The van der Waals surface area contributed by atoms with E-state index in [1.807, 2.05) is 29.2 Å². The smallest absolute Gasteiger partial charge is 0.475 e. The van der Waals surface area contributed by atoms with Crippen LogP contribution in [-0.4, -0.2) is 52.0 Å². The molecule has 0 radical (unpaired) electrons. The number of amides is 2. The molecule has 2 aliphatic heterocycles. The van der Waals surface area contributed by atoms with Crippen LogP contribution in [0.4, 0.5) is 18.9 Å². The van der Waals surface area contributed by atoms with Crippen molar-refractivity contribution >= 4 is 23.5 Å². The number of hydrogen-bond acceptors (Lipinski definition) is 4. The molecule has 0 aliphatic carbocycles. The zero-order valence-electron chi connectivity index (χ0n) is 15.6. The van der Waals surface area contributed by atoms with E-state index < -0.39 is 17.6 Å². The highest BCUT2D eigenvalue weighted by Gasteiger charge is 2.48. The van der Waals surface area contributed by atoms with E-state index in [2.05, 4.69) is 10.3 Å². The summed E-state index contributed by atoms with van der Waals surface area (Å²) in [5.74, 6) is -2.68.